The molecule has 1 amide bonds. The molecule has 2 aromatic carbocycles. The first-order chi connectivity index (χ1) is 14.9. The van der Waals surface area contributed by atoms with Gasteiger partial charge in [-0.3, -0.25) is 4.79 Å². The van der Waals surface area contributed by atoms with Gasteiger partial charge in [-0.2, -0.15) is 0 Å². The fourth-order valence-electron chi connectivity index (χ4n) is 3.44. The summed E-state index contributed by atoms with van der Waals surface area (Å²) in [5.41, 5.74) is 4.68. The highest BCUT2D eigenvalue weighted by atomic mass is 32.2. The Bertz CT molecular complexity index is 1180. The minimum atomic E-state index is -0.324. The summed E-state index contributed by atoms with van der Waals surface area (Å²) in [5, 5.41) is 3.24. The smallest absolute Gasteiger partial charge is 0.264 e. The van der Waals surface area contributed by atoms with Crippen molar-refractivity contribution in [1.82, 2.24) is 9.88 Å². The maximum Gasteiger partial charge on any atom is 0.264 e. The van der Waals surface area contributed by atoms with E-state index in [2.05, 4.69) is 20.9 Å². The number of hydrogen-bond donors (Lipinski definition) is 1. The molecule has 158 valence electrons. The van der Waals surface area contributed by atoms with Crippen LogP contribution in [0.5, 0.6) is 5.75 Å². The summed E-state index contributed by atoms with van der Waals surface area (Å²) in [6.45, 7) is 6.65. The number of nitrogens with zero attached hydrogens (tertiary/aromatic N) is 2. The molecule has 1 aliphatic heterocycles. The number of aliphatic imine (C=N–C) groups is 1. The van der Waals surface area contributed by atoms with Crippen molar-refractivity contribution >= 4 is 34.6 Å². The van der Waals surface area contributed by atoms with Crippen LogP contribution in [0.1, 0.15) is 23.9 Å². The van der Waals surface area contributed by atoms with Crippen molar-refractivity contribution < 1.29 is 13.9 Å². The van der Waals surface area contributed by atoms with E-state index in [9.17, 15) is 9.18 Å². The molecule has 0 saturated carbocycles. The molecule has 1 aliphatic rings. The Kier molecular flexibility index (Phi) is 5.95. The van der Waals surface area contributed by atoms with Gasteiger partial charge in [0.1, 0.15) is 11.6 Å². The number of hydrogen-bond acceptors (Lipinski definition) is 4. The van der Waals surface area contributed by atoms with E-state index in [1.165, 1.54) is 23.9 Å². The topological polar surface area (TPSA) is 55.6 Å². The maximum atomic E-state index is 13.1. The number of carbonyl (C=O) groups is 1. The van der Waals surface area contributed by atoms with E-state index in [0.717, 1.165) is 28.4 Å². The average molecular weight is 436 g/mol. The number of amidine groups is 1. The SMILES string of the molecule is CCOc1ccc(-n2c(C)cc(/C=C3\SC(=Nc4ccc(F)cc4)NC3=O)c2C)cc1. The van der Waals surface area contributed by atoms with Crippen molar-refractivity contribution in [1.29, 1.82) is 0 Å². The van der Waals surface area contributed by atoms with Gasteiger partial charge in [-0.05, 0) is 98.8 Å². The Morgan fingerprint density at radius 2 is 1.84 bits per heavy atom. The molecule has 2 heterocycles. The van der Waals surface area contributed by atoms with E-state index in [4.69, 9.17) is 4.74 Å². The second-order valence-electron chi connectivity index (χ2n) is 7.05. The van der Waals surface area contributed by atoms with Crippen molar-refractivity contribution in [2.45, 2.75) is 20.8 Å². The zero-order valence-corrected chi connectivity index (χ0v) is 18.3. The molecule has 4 rings (SSSR count). The Morgan fingerprint density at radius 1 is 1.13 bits per heavy atom. The van der Waals surface area contributed by atoms with Crippen LogP contribution in [0.3, 0.4) is 0 Å². The maximum absolute atomic E-state index is 13.1. The third-order valence-corrected chi connectivity index (χ3v) is 5.78. The van der Waals surface area contributed by atoms with Crippen LogP contribution < -0.4 is 10.1 Å². The molecule has 1 aromatic heterocycles. The van der Waals surface area contributed by atoms with Crippen LogP contribution in [0.15, 0.2) is 64.5 Å². The predicted molar refractivity (Wildman–Crippen MR) is 124 cm³/mol. The third kappa shape index (κ3) is 4.56. The Labute approximate surface area is 184 Å². The van der Waals surface area contributed by atoms with Gasteiger partial charge in [0.05, 0.1) is 17.2 Å². The number of amides is 1. The van der Waals surface area contributed by atoms with Crippen molar-refractivity contribution in [3.05, 3.63) is 82.3 Å². The molecule has 3 aromatic rings. The lowest BCUT2D eigenvalue weighted by Crippen LogP contribution is -2.19. The van der Waals surface area contributed by atoms with Crippen molar-refractivity contribution in [3.63, 3.8) is 0 Å². The zero-order valence-electron chi connectivity index (χ0n) is 17.5. The molecule has 0 radical (unpaired) electrons. The lowest BCUT2D eigenvalue weighted by Gasteiger charge is -2.11. The summed E-state index contributed by atoms with van der Waals surface area (Å²) in [7, 11) is 0. The van der Waals surface area contributed by atoms with Crippen LogP contribution in [0.25, 0.3) is 11.8 Å². The molecule has 0 unspecified atom stereocenters. The highest BCUT2D eigenvalue weighted by Crippen LogP contribution is 2.31. The highest BCUT2D eigenvalue weighted by Gasteiger charge is 2.24. The van der Waals surface area contributed by atoms with Gasteiger partial charge in [0.2, 0.25) is 0 Å². The van der Waals surface area contributed by atoms with Crippen LogP contribution in [-0.2, 0) is 4.79 Å². The number of carbonyl (C=O) groups excluding carboxylic acids is 1. The molecule has 0 spiro atoms. The van der Waals surface area contributed by atoms with Crippen LogP contribution in [0.2, 0.25) is 0 Å². The minimum Gasteiger partial charge on any atom is -0.494 e. The molecule has 0 bridgehead atoms. The number of benzene rings is 2. The third-order valence-electron chi connectivity index (χ3n) is 4.87. The number of thioether (sulfide) groups is 1. The number of halogens is 1. The number of aromatic nitrogens is 1. The Hall–Kier alpha value is -3.32. The fraction of sp³-hybridized carbons (Fsp3) is 0.167. The van der Waals surface area contributed by atoms with E-state index >= 15 is 0 Å². The van der Waals surface area contributed by atoms with Gasteiger partial charge in [0.15, 0.2) is 5.17 Å². The quantitative estimate of drug-likeness (QED) is 0.537. The molecule has 0 atom stereocenters. The van der Waals surface area contributed by atoms with Gasteiger partial charge in [0.25, 0.3) is 5.91 Å². The van der Waals surface area contributed by atoms with Crippen molar-refractivity contribution in [3.8, 4) is 11.4 Å². The molecule has 7 heteroatoms. The lowest BCUT2D eigenvalue weighted by atomic mass is 10.2. The Morgan fingerprint density at radius 3 is 2.52 bits per heavy atom. The number of aryl methyl sites for hydroxylation is 1. The highest BCUT2D eigenvalue weighted by molar-refractivity contribution is 8.18. The number of nitrogens with one attached hydrogen (secondary N) is 1. The zero-order chi connectivity index (χ0) is 22.0. The van der Waals surface area contributed by atoms with Gasteiger partial charge < -0.3 is 14.6 Å². The van der Waals surface area contributed by atoms with Crippen LogP contribution in [0, 0.1) is 19.7 Å². The first-order valence-electron chi connectivity index (χ1n) is 9.92. The lowest BCUT2D eigenvalue weighted by molar-refractivity contribution is -0.115. The van der Waals surface area contributed by atoms with E-state index in [1.54, 1.807) is 12.1 Å². The summed E-state index contributed by atoms with van der Waals surface area (Å²) < 4.78 is 20.7. The molecule has 1 fully saturated rings. The van der Waals surface area contributed by atoms with Gasteiger partial charge >= 0.3 is 0 Å². The first kappa shape index (κ1) is 20.9. The second-order valence-corrected chi connectivity index (χ2v) is 8.08. The van der Waals surface area contributed by atoms with Crippen LogP contribution in [0.4, 0.5) is 10.1 Å². The van der Waals surface area contributed by atoms with Crippen molar-refractivity contribution in [2.75, 3.05) is 6.61 Å². The normalized spacial score (nSPS) is 16.2. The van der Waals surface area contributed by atoms with Gasteiger partial charge in [0, 0.05) is 17.1 Å². The molecular weight excluding hydrogens is 413 g/mol. The van der Waals surface area contributed by atoms with E-state index in [0.29, 0.717) is 22.4 Å². The molecule has 1 N–H and O–H groups in total. The summed E-state index contributed by atoms with van der Waals surface area (Å²) in [6, 6.07) is 15.8. The predicted octanol–water partition coefficient (Wildman–Crippen LogP) is 5.52. The summed E-state index contributed by atoms with van der Waals surface area (Å²) in [6.07, 6.45) is 1.88. The van der Waals surface area contributed by atoms with Crippen LogP contribution >= 0.6 is 11.8 Å². The molecule has 1 saturated heterocycles. The van der Waals surface area contributed by atoms with Crippen molar-refractivity contribution in [2.24, 2.45) is 4.99 Å². The largest absolute Gasteiger partial charge is 0.494 e. The van der Waals surface area contributed by atoms with Crippen LogP contribution in [-0.4, -0.2) is 22.2 Å². The first-order valence-corrected chi connectivity index (χ1v) is 10.7. The number of ether oxygens (including phenoxy) is 1. The second kappa shape index (κ2) is 8.81. The van der Waals surface area contributed by atoms with E-state index < -0.39 is 0 Å². The van der Waals surface area contributed by atoms with Gasteiger partial charge in [-0.1, -0.05) is 0 Å². The molecular formula is C24H22FN3O2S. The Balaban J connectivity index is 1.59. The monoisotopic (exact) mass is 435 g/mol. The minimum absolute atomic E-state index is 0.197. The molecule has 0 aliphatic carbocycles. The van der Waals surface area contributed by atoms with E-state index in [-0.39, 0.29) is 11.7 Å². The fourth-order valence-corrected chi connectivity index (χ4v) is 4.28. The summed E-state index contributed by atoms with van der Waals surface area (Å²) in [4.78, 5) is 17.4. The average Bonchev–Trinajstić information content (AvgIpc) is 3.23. The molecule has 5 nitrogen and oxygen atoms in total. The standard InChI is InChI=1S/C24H22FN3O2S/c1-4-30-21-11-9-20(10-12-21)28-15(2)13-17(16(28)3)14-22-23(29)27-24(31-22)26-19-7-5-18(25)6-8-19/h5-14H,4H2,1-3H3,(H,26,27,29)/b22-14-. The molecule has 31 heavy (non-hydrogen) atoms. The van der Waals surface area contributed by atoms with E-state index in [1.807, 2.05) is 51.1 Å². The van der Waals surface area contributed by atoms with Gasteiger partial charge in [-0.25, -0.2) is 9.38 Å². The van der Waals surface area contributed by atoms with Gasteiger partial charge in [-0.15, -0.1) is 0 Å². The summed E-state index contributed by atoms with van der Waals surface area (Å²) >= 11 is 1.27. The number of rotatable bonds is 5. The summed E-state index contributed by atoms with van der Waals surface area (Å²) in [5.74, 6) is 0.315.